The van der Waals surface area contributed by atoms with E-state index in [1.54, 1.807) is 25.1 Å². The standard InChI is InChI=1S/C8H11N3O2S/c1-2-9-10-11-14(12,13)8-6-4-3-5-7-8/h2-7,10-11H,1H3/b9-2+. The topological polar surface area (TPSA) is 70.6 Å². The molecule has 0 unspecified atom stereocenters. The summed E-state index contributed by atoms with van der Waals surface area (Å²) >= 11 is 0. The van der Waals surface area contributed by atoms with Crippen molar-refractivity contribution in [3.8, 4) is 0 Å². The molecule has 1 aromatic carbocycles. The van der Waals surface area contributed by atoms with Gasteiger partial charge in [0.2, 0.25) is 0 Å². The van der Waals surface area contributed by atoms with Gasteiger partial charge in [-0.25, -0.2) is 14.0 Å². The van der Waals surface area contributed by atoms with Gasteiger partial charge in [0, 0.05) is 6.21 Å². The minimum absolute atomic E-state index is 0.193. The van der Waals surface area contributed by atoms with Crippen molar-refractivity contribution in [2.24, 2.45) is 5.10 Å². The summed E-state index contributed by atoms with van der Waals surface area (Å²) in [6.45, 7) is 1.67. The molecule has 0 aromatic heterocycles. The minimum Gasteiger partial charge on any atom is -0.229 e. The van der Waals surface area contributed by atoms with Gasteiger partial charge < -0.3 is 0 Å². The van der Waals surface area contributed by atoms with Crippen molar-refractivity contribution in [2.75, 3.05) is 0 Å². The molecule has 0 atom stereocenters. The number of nitrogens with zero attached hydrogens (tertiary/aromatic N) is 1. The van der Waals surface area contributed by atoms with Gasteiger partial charge >= 0.3 is 0 Å². The Kier molecular flexibility index (Phi) is 3.61. The highest BCUT2D eigenvalue weighted by Crippen LogP contribution is 2.05. The molecule has 0 amide bonds. The Morgan fingerprint density at radius 3 is 2.50 bits per heavy atom. The molecule has 6 heteroatoms. The fourth-order valence-corrected chi connectivity index (χ4v) is 1.62. The minimum atomic E-state index is -3.51. The number of nitrogens with one attached hydrogen (secondary N) is 2. The number of rotatable bonds is 4. The van der Waals surface area contributed by atoms with Gasteiger partial charge in [0.05, 0.1) is 4.90 Å². The van der Waals surface area contributed by atoms with Crippen LogP contribution in [0.15, 0.2) is 40.3 Å². The first-order valence-corrected chi connectivity index (χ1v) is 5.44. The Hall–Kier alpha value is -1.40. The van der Waals surface area contributed by atoms with E-state index in [-0.39, 0.29) is 4.90 Å². The lowest BCUT2D eigenvalue weighted by atomic mass is 10.4. The van der Waals surface area contributed by atoms with Crippen LogP contribution in [0.5, 0.6) is 0 Å². The van der Waals surface area contributed by atoms with Crippen molar-refractivity contribution in [3.05, 3.63) is 30.3 Å². The maximum absolute atomic E-state index is 11.5. The number of hydrazine groups is 1. The van der Waals surface area contributed by atoms with E-state index in [4.69, 9.17) is 0 Å². The van der Waals surface area contributed by atoms with Crippen LogP contribution in [-0.2, 0) is 10.0 Å². The lowest BCUT2D eigenvalue weighted by Gasteiger charge is -2.04. The summed E-state index contributed by atoms with van der Waals surface area (Å²) in [6.07, 6.45) is 1.44. The van der Waals surface area contributed by atoms with Crippen molar-refractivity contribution in [3.63, 3.8) is 0 Å². The smallest absolute Gasteiger partial charge is 0.229 e. The third-order valence-corrected chi connectivity index (χ3v) is 2.68. The Morgan fingerprint density at radius 2 is 1.93 bits per heavy atom. The molecule has 0 fully saturated rings. The number of benzene rings is 1. The van der Waals surface area contributed by atoms with E-state index in [9.17, 15) is 8.42 Å². The molecule has 76 valence electrons. The second-order valence-corrected chi connectivity index (χ2v) is 4.10. The third-order valence-electron chi connectivity index (χ3n) is 1.43. The molecule has 0 radical (unpaired) electrons. The first kappa shape index (κ1) is 10.7. The predicted molar refractivity (Wildman–Crippen MR) is 54.1 cm³/mol. The SMILES string of the molecule is C/C=N/NNS(=O)(=O)c1ccccc1. The van der Waals surface area contributed by atoms with E-state index in [2.05, 4.69) is 15.5 Å². The first-order chi connectivity index (χ1) is 6.67. The number of hydrazone groups is 1. The van der Waals surface area contributed by atoms with Gasteiger partial charge in [0.15, 0.2) is 0 Å². The zero-order valence-electron chi connectivity index (χ0n) is 7.64. The van der Waals surface area contributed by atoms with E-state index in [1.807, 2.05) is 0 Å². The molecule has 1 rings (SSSR count). The van der Waals surface area contributed by atoms with E-state index in [0.717, 1.165) is 0 Å². The number of hydrogen-bond donors (Lipinski definition) is 2. The average Bonchev–Trinajstić information content (AvgIpc) is 2.19. The zero-order chi connectivity index (χ0) is 10.4. The fourth-order valence-electron chi connectivity index (χ4n) is 0.810. The molecule has 0 saturated heterocycles. The normalized spacial score (nSPS) is 11.8. The number of sulfonamides is 1. The molecule has 0 aliphatic rings. The summed E-state index contributed by atoms with van der Waals surface area (Å²) < 4.78 is 22.9. The van der Waals surface area contributed by atoms with E-state index >= 15 is 0 Å². The molecule has 0 spiro atoms. The predicted octanol–water partition coefficient (Wildman–Crippen LogP) is 0.475. The molecule has 1 aromatic rings. The van der Waals surface area contributed by atoms with Crippen molar-refractivity contribution in [2.45, 2.75) is 11.8 Å². The van der Waals surface area contributed by atoms with Crippen molar-refractivity contribution in [1.29, 1.82) is 0 Å². The molecule has 2 N–H and O–H groups in total. The van der Waals surface area contributed by atoms with Gasteiger partial charge in [0.1, 0.15) is 0 Å². The zero-order valence-corrected chi connectivity index (χ0v) is 8.45. The van der Waals surface area contributed by atoms with Gasteiger partial charge in [-0.15, -0.1) is 4.83 Å². The van der Waals surface area contributed by atoms with Crippen LogP contribution >= 0.6 is 0 Å². The van der Waals surface area contributed by atoms with Crippen molar-refractivity contribution in [1.82, 2.24) is 10.4 Å². The summed E-state index contributed by atoms with van der Waals surface area (Å²) in [5, 5.41) is 3.52. The lowest BCUT2D eigenvalue weighted by molar-refractivity contribution is 0.563. The summed E-state index contributed by atoms with van der Waals surface area (Å²) in [5.41, 5.74) is 2.21. The van der Waals surface area contributed by atoms with Crippen molar-refractivity contribution >= 4 is 16.2 Å². The monoisotopic (exact) mass is 213 g/mol. The molecule has 0 aliphatic heterocycles. The second-order valence-electron chi connectivity index (χ2n) is 2.42. The van der Waals surface area contributed by atoms with Crippen LogP contribution in [0.1, 0.15) is 6.92 Å². The van der Waals surface area contributed by atoms with Crippen LogP contribution in [0.2, 0.25) is 0 Å². The lowest BCUT2D eigenvalue weighted by Crippen LogP contribution is -2.33. The molecule has 0 bridgehead atoms. The van der Waals surface area contributed by atoms with Crippen LogP contribution in [0.25, 0.3) is 0 Å². The molecular formula is C8H11N3O2S. The Bertz CT molecular complexity index is 400. The maximum Gasteiger partial charge on any atom is 0.258 e. The van der Waals surface area contributed by atoms with E-state index in [0.29, 0.717) is 0 Å². The van der Waals surface area contributed by atoms with Crippen LogP contribution in [0.3, 0.4) is 0 Å². The van der Waals surface area contributed by atoms with Gasteiger partial charge in [-0.2, -0.15) is 5.10 Å². The molecule has 14 heavy (non-hydrogen) atoms. The van der Waals surface area contributed by atoms with Gasteiger partial charge in [0.25, 0.3) is 10.0 Å². The van der Waals surface area contributed by atoms with Crippen LogP contribution < -0.4 is 10.4 Å². The fraction of sp³-hybridized carbons (Fsp3) is 0.125. The van der Waals surface area contributed by atoms with Crippen LogP contribution in [0.4, 0.5) is 0 Å². The molecule has 5 nitrogen and oxygen atoms in total. The van der Waals surface area contributed by atoms with Crippen LogP contribution in [0, 0.1) is 0 Å². The molecular weight excluding hydrogens is 202 g/mol. The molecule has 0 heterocycles. The Balaban J connectivity index is 2.77. The largest absolute Gasteiger partial charge is 0.258 e. The average molecular weight is 213 g/mol. The van der Waals surface area contributed by atoms with Gasteiger partial charge in [-0.1, -0.05) is 18.2 Å². The second kappa shape index (κ2) is 4.73. The Labute approximate surface area is 82.9 Å². The number of hydrogen-bond acceptors (Lipinski definition) is 4. The van der Waals surface area contributed by atoms with E-state index < -0.39 is 10.0 Å². The quantitative estimate of drug-likeness (QED) is 0.564. The molecule has 0 saturated carbocycles. The van der Waals surface area contributed by atoms with Gasteiger partial charge in [-0.3, -0.25) is 0 Å². The maximum atomic E-state index is 11.5. The summed E-state index contributed by atoms with van der Waals surface area (Å²) in [5.74, 6) is 0. The summed E-state index contributed by atoms with van der Waals surface area (Å²) in [4.78, 5) is 2.29. The van der Waals surface area contributed by atoms with Gasteiger partial charge in [-0.05, 0) is 19.1 Å². The summed E-state index contributed by atoms with van der Waals surface area (Å²) in [6, 6.07) is 8.05. The summed E-state index contributed by atoms with van der Waals surface area (Å²) in [7, 11) is -3.51. The van der Waals surface area contributed by atoms with E-state index in [1.165, 1.54) is 18.3 Å². The first-order valence-electron chi connectivity index (χ1n) is 3.96. The highest BCUT2D eigenvalue weighted by molar-refractivity contribution is 7.89. The highest BCUT2D eigenvalue weighted by atomic mass is 32.2. The Morgan fingerprint density at radius 1 is 1.29 bits per heavy atom. The molecule has 0 aliphatic carbocycles. The third kappa shape index (κ3) is 2.82. The van der Waals surface area contributed by atoms with Crippen molar-refractivity contribution < 1.29 is 8.42 Å². The van der Waals surface area contributed by atoms with Crippen LogP contribution in [-0.4, -0.2) is 14.6 Å². The highest BCUT2D eigenvalue weighted by Gasteiger charge is 2.11.